The van der Waals surface area contributed by atoms with Crippen LogP contribution in [-0.4, -0.2) is 16.9 Å². The summed E-state index contributed by atoms with van der Waals surface area (Å²) in [6.07, 6.45) is -0.0238. The van der Waals surface area contributed by atoms with Gasteiger partial charge in [-0.2, -0.15) is 0 Å². The number of halogens is 1. The fourth-order valence-corrected chi connectivity index (χ4v) is 1.61. The molecule has 0 atom stereocenters. The van der Waals surface area contributed by atoms with Gasteiger partial charge in [-0.25, -0.2) is 4.79 Å². The van der Waals surface area contributed by atoms with Crippen LogP contribution in [0.5, 0.6) is 0 Å². The minimum atomic E-state index is -1.39. The van der Waals surface area contributed by atoms with E-state index in [-0.39, 0.29) is 6.42 Å². The van der Waals surface area contributed by atoms with Crippen molar-refractivity contribution in [1.82, 2.24) is 0 Å². The number of carbonyl (C=O) groups excluding carboxylic acids is 1. The Labute approximate surface area is 99.0 Å². The van der Waals surface area contributed by atoms with E-state index in [1.54, 1.807) is 24.3 Å². The fourth-order valence-electron chi connectivity index (χ4n) is 1.48. The zero-order valence-corrected chi connectivity index (χ0v) is 9.91. The zero-order valence-electron chi connectivity index (χ0n) is 9.16. The summed E-state index contributed by atoms with van der Waals surface area (Å²) in [7, 11) is 0. The maximum Gasteiger partial charge on any atom is 0.372 e. The molecule has 0 aromatic heterocycles. The molecule has 0 aliphatic carbocycles. The summed E-state index contributed by atoms with van der Waals surface area (Å²) in [6, 6.07) is 7.06. The van der Waals surface area contributed by atoms with Gasteiger partial charge in [-0.05, 0) is 23.1 Å². The van der Waals surface area contributed by atoms with Crippen LogP contribution >= 0.6 is 11.6 Å². The maximum absolute atomic E-state index is 11.2. The minimum Gasteiger partial charge on any atom is -0.476 e. The van der Waals surface area contributed by atoms with Gasteiger partial charge < -0.3 is 5.11 Å². The van der Waals surface area contributed by atoms with Crippen molar-refractivity contribution in [2.45, 2.75) is 25.7 Å². The molecule has 1 aromatic rings. The SMILES string of the molecule is CC(C)(CC(=O)C(=O)O)c1ccc(Cl)cc1. The van der Waals surface area contributed by atoms with E-state index in [4.69, 9.17) is 16.7 Å². The van der Waals surface area contributed by atoms with Gasteiger partial charge in [0.05, 0.1) is 0 Å². The van der Waals surface area contributed by atoms with Crippen LogP contribution in [0.15, 0.2) is 24.3 Å². The van der Waals surface area contributed by atoms with Crippen molar-refractivity contribution in [2.75, 3.05) is 0 Å². The smallest absolute Gasteiger partial charge is 0.372 e. The van der Waals surface area contributed by atoms with Crippen LogP contribution in [0.2, 0.25) is 5.02 Å². The number of carboxylic acid groups (broad SMARTS) is 1. The molecule has 3 nitrogen and oxygen atoms in total. The van der Waals surface area contributed by atoms with Crippen LogP contribution in [0.4, 0.5) is 0 Å². The summed E-state index contributed by atoms with van der Waals surface area (Å²) in [6.45, 7) is 3.66. The predicted octanol–water partition coefficient (Wildman–Crippen LogP) is 2.66. The molecule has 16 heavy (non-hydrogen) atoms. The molecule has 0 amide bonds. The Balaban J connectivity index is 2.89. The predicted molar refractivity (Wildman–Crippen MR) is 61.7 cm³/mol. The van der Waals surface area contributed by atoms with Crippen molar-refractivity contribution in [3.8, 4) is 0 Å². The van der Waals surface area contributed by atoms with Crippen LogP contribution in [0, 0.1) is 0 Å². The second kappa shape index (κ2) is 4.66. The van der Waals surface area contributed by atoms with E-state index in [9.17, 15) is 9.59 Å². The molecular formula is C12H13ClO3. The molecule has 86 valence electrons. The highest BCUT2D eigenvalue weighted by Gasteiger charge is 2.27. The van der Waals surface area contributed by atoms with Gasteiger partial charge in [-0.3, -0.25) is 4.79 Å². The molecule has 0 unspecified atom stereocenters. The summed E-state index contributed by atoms with van der Waals surface area (Å²) >= 11 is 5.76. The number of carbonyl (C=O) groups is 2. The van der Waals surface area contributed by atoms with Gasteiger partial charge in [0, 0.05) is 11.4 Å². The Morgan fingerprint density at radius 2 is 1.75 bits per heavy atom. The zero-order chi connectivity index (χ0) is 12.3. The molecule has 0 fully saturated rings. The second-order valence-corrected chi connectivity index (χ2v) is 4.73. The first kappa shape index (κ1) is 12.7. The molecule has 0 spiro atoms. The van der Waals surface area contributed by atoms with E-state index in [1.807, 2.05) is 13.8 Å². The number of carboxylic acids is 1. The lowest BCUT2D eigenvalue weighted by Gasteiger charge is -2.23. The van der Waals surface area contributed by atoms with Crippen LogP contribution in [0.25, 0.3) is 0 Å². The van der Waals surface area contributed by atoms with Gasteiger partial charge in [0.2, 0.25) is 5.78 Å². The molecule has 1 rings (SSSR count). The summed E-state index contributed by atoms with van der Waals surface area (Å²) in [5, 5.41) is 9.18. The van der Waals surface area contributed by atoms with Gasteiger partial charge in [-0.15, -0.1) is 0 Å². The van der Waals surface area contributed by atoms with Crippen LogP contribution in [0.3, 0.4) is 0 Å². The quantitative estimate of drug-likeness (QED) is 0.824. The van der Waals surface area contributed by atoms with Crippen LogP contribution in [-0.2, 0) is 15.0 Å². The lowest BCUT2D eigenvalue weighted by atomic mass is 9.80. The molecule has 0 saturated heterocycles. The van der Waals surface area contributed by atoms with E-state index in [0.29, 0.717) is 5.02 Å². The number of aliphatic carboxylic acids is 1. The summed E-state index contributed by atoms with van der Waals surface area (Å²) < 4.78 is 0. The lowest BCUT2D eigenvalue weighted by molar-refractivity contribution is -0.149. The maximum atomic E-state index is 11.2. The highest BCUT2D eigenvalue weighted by Crippen LogP contribution is 2.28. The lowest BCUT2D eigenvalue weighted by Crippen LogP contribution is -2.26. The van der Waals surface area contributed by atoms with E-state index < -0.39 is 17.2 Å². The van der Waals surface area contributed by atoms with E-state index >= 15 is 0 Å². The third-order valence-corrected chi connectivity index (χ3v) is 2.72. The third kappa shape index (κ3) is 3.07. The average molecular weight is 241 g/mol. The van der Waals surface area contributed by atoms with Crippen molar-refractivity contribution in [3.63, 3.8) is 0 Å². The minimum absolute atomic E-state index is 0.0238. The molecule has 0 radical (unpaired) electrons. The largest absolute Gasteiger partial charge is 0.476 e. The first-order valence-electron chi connectivity index (χ1n) is 4.85. The van der Waals surface area contributed by atoms with Crippen molar-refractivity contribution in [3.05, 3.63) is 34.9 Å². The Morgan fingerprint density at radius 3 is 2.19 bits per heavy atom. The highest BCUT2D eigenvalue weighted by molar-refractivity contribution is 6.33. The first-order chi connectivity index (χ1) is 7.33. The third-order valence-electron chi connectivity index (χ3n) is 2.47. The van der Waals surface area contributed by atoms with Gasteiger partial charge in [0.15, 0.2) is 0 Å². The summed E-state index contributed by atoms with van der Waals surface area (Å²) in [5.41, 5.74) is 0.395. The second-order valence-electron chi connectivity index (χ2n) is 4.30. The average Bonchev–Trinajstić information content (AvgIpc) is 2.17. The van der Waals surface area contributed by atoms with Crippen molar-refractivity contribution in [2.24, 2.45) is 0 Å². The van der Waals surface area contributed by atoms with Gasteiger partial charge in [-0.1, -0.05) is 37.6 Å². The Morgan fingerprint density at radius 1 is 1.25 bits per heavy atom. The molecule has 4 heteroatoms. The summed E-state index contributed by atoms with van der Waals surface area (Å²) in [5.74, 6) is -2.16. The molecule has 1 N–H and O–H groups in total. The van der Waals surface area contributed by atoms with E-state index in [1.165, 1.54) is 0 Å². The molecule has 0 saturated carbocycles. The van der Waals surface area contributed by atoms with Crippen LogP contribution < -0.4 is 0 Å². The van der Waals surface area contributed by atoms with E-state index in [2.05, 4.69) is 0 Å². The number of rotatable bonds is 4. The Kier molecular flexibility index (Phi) is 3.70. The Bertz CT molecular complexity index is 407. The number of ketones is 1. The van der Waals surface area contributed by atoms with Gasteiger partial charge in [0.1, 0.15) is 0 Å². The first-order valence-corrected chi connectivity index (χ1v) is 5.23. The number of hydrogen-bond donors (Lipinski definition) is 1. The van der Waals surface area contributed by atoms with Crippen molar-refractivity contribution < 1.29 is 14.7 Å². The number of hydrogen-bond acceptors (Lipinski definition) is 2. The molecular weight excluding hydrogens is 228 g/mol. The van der Waals surface area contributed by atoms with Gasteiger partial charge >= 0.3 is 5.97 Å². The molecule has 0 heterocycles. The van der Waals surface area contributed by atoms with Crippen molar-refractivity contribution in [1.29, 1.82) is 0 Å². The Hall–Kier alpha value is -1.35. The monoisotopic (exact) mass is 240 g/mol. The standard InChI is InChI=1S/C12H13ClO3/c1-12(2,7-10(14)11(15)16)8-3-5-9(13)6-4-8/h3-6H,7H2,1-2H3,(H,15,16). The molecule has 0 bridgehead atoms. The number of Topliss-reactive ketones (excluding diaryl/α,β-unsaturated/α-hetero) is 1. The summed E-state index contributed by atoms with van der Waals surface area (Å²) in [4.78, 5) is 21.7. The highest BCUT2D eigenvalue weighted by atomic mass is 35.5. The van der Waals surface area contributed by atoms with Crippen LogP contribution in [0.1, 0.15) is 25.8 Å². The normalized spacial score (nSPS) is 11.2. The van der Waals surface area contributed by atoms with Gasteiger partial charge in [0.25, 0.3) is 0 Å². The van der Waals surface area contributed by atoms with Crippen molar-refractivity contribution >= 4 is 23.4 Å². The van der Waals surface area contributed by atoms with E-state index in [0.717, 1.165) is 5.56 Å². The number of benzene rings is 1. The molecule has 0 aliphatic heterocycles. The molecule has 0 aliphatic rings. The fraction of sp³-hybridized carbons (Fsp3) is 0.333. The topological polar surface area (TPSA) is 54.4 Å². The molecule has 1 aromatic carbocycles.